The molecule has 0 radical (unpaired) electrons. The number of carboxylic acid groups (broad SMARTS) is 1. The number of carbonyl (C=O) groups is 2. The van der Waals surface area contributed by atoms with E-state index in [-0.39, 0.29) is 10.8 Å². The van der Waals surface area contributed by atoms with Crippen LogP contribution in [0.3, 0.4) is 0 Å². The highest BCUT2D eigenvalue weighted by Crippen LogP contribution is 2.49. The van der Waals surface area contributed by atoms with E-state index < -0.39 is 27.6 Å². The standard InChI is InChI=1S/C21H24N2O3S.C2HF3O2/c24-20(22-17-6-4-5-7-17)21(14-15-21)16-10-12-18(13-11-16)23-27(25,26)19-8-2-1-3-9-19;3-2(4,5)1(6)7/h1-3,8-13,17,23H,4-7,14-15H2,(H,22,24);(H,6,7). The van der Waals surface area contributed by atoms with Crippen LogP contribution in [0.5, 0.6) is 0 Å². The quantitative estimate of drug-likeness (QED) is 0.552. The van der Waals surface area contributed by atoms with Crippen molar-refractivity contribution >= 4 is 27.6 Å². The largest absolute Gasteiger partial charge is 0.490 e. The summed E-state index contributed by atoms with van der Waals surface area (Å²) in [4.78, 5) is 21.9. The smallest absolute Gasteiger partial charge is 0.475 e. The van der Waals surface area contributed by atoms with Gasteiger partial charge in [0.2, 0.25) is 5.91 Å². The summed E-state index contributed by atoms with van der Waals surface area (Å²) in [6.45, 7) is 0. The number of halogens is 3. The Hall–Kier alpha value is -3.08. The zero-order chi connectivity index (χ0) is 25.0. The third kappa shape index (κ3) is 6.28. The Balaban J connectivity index is 0.000000406. The lowest BCUT2D eigenvalue weighted by Gasteiger charge is -2.20. The van der Waals surface area contributed by atoms with Gasteiger partial charge in [0.15, 0.2) is 0 Å². The van der Waals surface area contributed by atoms with E-state index in [1.165, 1.54) is 12.8 Å². The second-order valence-electron chi connectivity index (χ2n) is 8.34. The van der Waals surface area contributed by atoms with Crippen molar-refractivity contribution in [3.63, 3.8) is 0 Å². The fraction of sp³-hybridized carbons (Fsp3) is 0.391. The minimum absolute atomic E-state index is 0.118. The fourth-order valence-corrected chi connectivity index (χ4v) is 4.92. The van der Waals surface area contributed by atoms with Gasteiger partial charge >= 0.3 is 12.1 Å². The van der Waals surface area contributed by atoms with Crippen molar-refractivity contribution in [3.8, 4) is 0 Å². The number of hydrogen-bond acceptors (Lipinski definition) is 4. The van der Waals surface area contributed by atoms with Gasteiger partial charge in [-0.3, -0.25) is 9.52 Å². The minimum atomic E-state index is -5.08. The number of aliphatic carboxylic acids is 1. The number of anilines is 1. The average molecular weight is 499 g/mol. The molecule has 11 heteroatoms. The van der Waals surface area contributed by atoms with Crippen LogP contribution in [0.25, 0.3) is 0 Å². The number of nitrogens with one attached hydrogen (secondary N) is 2. The topological polar surface area (TPSA) is 113 Å². The van der Waals surface area contributed by atoms with Gasteiger partial charge in [0.05, 0.1) is 10.3 Å². The van der Waals surface area contributed by atoms with Gasteiger partial charge in [0, 0.05) is 11.7 Å². The molecule has 0 spiro atoms. The fourth-order valence-electron chi connectivity index (χ4n) is 3.84. The van der Waals surface area contributed by atoms with E-state index >= 15 is 0 Å². The molecule has 34 heavy (non-hydrogen) atoms. The zero-order valence-electron chi connectivity index (χ0n) is 18.1. The second-order valence-corrected chi connectivity index (χ2v) is 10.0. The van der Waals surface area contributed by atoms with Gasteiger partial charge in [-0.15, -0.1) is 0 Å². The summed E-state index contributed by atoms with van der Waals surface area (Å²) in [7, 11) is -3.61. The van der Waals surface area contributed by atoms with Crippen molar-refractivity contribution in [3.05, 3.63) is 60.2 Å². The third-order valence-corrected chi connectivity index (χ3v) is 7.26. The molecule has 0 bridgehead atoms. The van der Waals surface area contributed by atoms with Crippen LogP contribution >= 0.6 is 0 Å². The normalized spacial score (nSPS) is 17.3. The van der Waals surface area contributed by atoms with E-state index in [4.69, 9.17) is 9.90 Å². The number of carboxylic acids is 1. The molecule has 2 aliphatic rings. The Bertz CT molecular complexity index is 1110. The number of rotatable bonds is 6. The average Bonchev–Trinajstić information content (AvgIpc) is 3.44. The van der Waals surface area contributed by atoms with Crippen molar-refractivity contribution in [2.75, 3.05) is 4.72 Å². The van der Waals surface area contributed by atoms with Crippen LogP contribution in [0.4, 0.5) is 18.9 Å². The van der Waals surface area contributed by atoms with E-state index in [1.54, 1.807) is 42.5 Å². The van der Waals surface area contributed by atoms with Gasteiger partial charge in [-0.25, -0.2) is 13.2 Å². The molecule has 2 fully saturated rings. The molecule has 2 aromatic rings. The Morgan fingerprint density at radius 2 is 1.47 bits per heavy atom. The molecule has 4 rings (SSSR count). The number of benzene rings is 2. The molecule has 2 aliphatic carbocycles. The number of carbonyl (C=O) groups excluding carboxylic acids is 1. The van der Waals surface area contributed by atoms with Gasteiger partial charge in [0.1, 0.15) is 0 Å². The predicted octanol–water partition coefficient (Wildman–Crippen LogP) is 4.21. The Kier molecular flexibility index (Phi) is 7.54. The highest BCUT2D eigenvalue weighted by Gasteiger charge is 2.51. The predicted molar refractivity (Wildman–Crippen MR) is 119 cm³/mol. The van der Waals surface area contributed by atoms with Gasteiger partial charge in [0.25, 0.3) is 10.0 Å². The first kappa shape index (κ1) is 25.5. The van der Waals surface area contributed by atoms with Gasteiger partial charge in [-0.1, -0.05) is 43.2 Å². The Morgan fingerprint density at radius 1 is 0.941 bits per heavy atom. The lowest BCUT2D eigenvalue weighted by molar-refractivity contribution is -0.192. The number of sulfonamides is 1. The Labute approximate surface area is 195 Å². The summed E-state index contributed by atoms with van der Waals surface area (Å²) < 4.78 is 59.2. The molecule has 0 saturated heterocycles. The second kappa shape index (κ2) is 10.0. The van der Waals surface area contributed by atoms with E-state index in [2.05, 4.69) is 10.0 Å². The number of amides is 1. The van der Waals surface area contributed by atoms with E-state index in [0.29, 0.717) is 11.7 Å². The maximum absolute atomic E-state index is 12.8. The summed E-state index contributed by atoms with van der Waals surface area (Å²) in [6, 6.07) is 15.8. The molecule has 2 aromatic carbocycles. The first-order valence-corrected chi connectivity index (χ1v) is 12.2. The molecule has 0 aromatic heterocycles. The Morgan fingerprint density at radius 3 is 1.94 bits per heavy atom. The van der Waals surface area contributed by atoms with Gasteiger partial charge in [-0.2, -0.15) is 13.2 Å². The van der Waals surface area contributed by atoms with Crippen LogP contribution in [0, 0.1) is 0 Å². The highest BCUT2D eigenvalue weighted by atomic mass is 32.2. The lowest BCUT2D eigenvalue weighted by atomic mass is 9.94. The zero-order valence-corrected chi connectivity index (χ0v) is 19.0. The maximum atomic E-state index is 12.8. The molecule has 7 nitrogen and oxygen atoms in total. The van der Waals surface area contributed by atoms with Crippen LogP contribution in [0.1, 0.15) is 44.1 Å². The summed E-state index contributed by atoms with van der Waals surface area (Å²) in [5, 5.41) is 10.3. The molecule has 0 atom stereocenters. The first-order chi connectivity index (χ1) is 15.9. The molecule has 0 heterocycles. The number of alkyl halides is 3. The summed E-state index contributed by atoms with van der Waals surface area (Å²) in [5.74, 6) is -2.64. The van der Waals surface area contributed by atoms with Crippen LogP contribution in [0.2, 0.25) is 0 Å². The van der Waals surface area contributed by atoms with Gasteiger partial charge in [-0.05, 0) is 55.5 Å². The molecular weight excluding hydrogens is 473 g/mol. The van der Waals surface area contributed by atoms with Crippen molar-refractivity contribution in [2.24, 2.45) is 0 Å². The summed E-state index contributed by atoms with van der Waals surface area (Å²) >= 11 is 0. The molecule has 0 aliphatic heterocycles. The van der Waals surface area contributed by atoms with Crippen LogP contribution in [0.15, 0.2) is 59.5 Å². The van der Waals surface area contributed by atoms with Crippen molar-refractivity contribution in [1.82, 2.24) is 5.32 Å². The summed E-state index contributed by atoms with van der Waals surface area (Å²) in [5.41, 5.74) is 1.02. The van der Waals surface area contributed by atoms with E-state index in [1.807, 2.05) is 12.1 Å². The molecule has 3 N–H and O–H groups in total. The SMILES string of the molecule is O=C(NC1CCCC1)C1(c2ccc(NS(=O)(=O)c3ccccc3)cc2)CC1.O=C(O)C(F)(F)F. The minimum Gasteiger partial charge on any atom is -0.475 e. The first-order valence-electron chi connectivity index (χ1n) is 10.7. The van der Waals surface area contributed by atoms with E-state index in [9.17, 15) is 26.4 Å². The van der Waals surface area contributed by atoms with Crippen LogP contribution in [-0.2, 0) is 25.0 Å². The molecular formula is C23H25F3N2O5S. The third-order valence-electron chi connectivity index (χ3n) is 5.86. The number of hydrogen-bond donors (Lipinski definition) is 3. The highest BCUT2D eigenvalue weighted by molar-refractivity contribution is 7.92. The molecule has 1 amide bonds. The monoisotopic (exact) mass is 498 g/mol. The van der Waals surface area contributed by atoms with Crippen molar-refractivity contribution in [1.29, 1.82) is 0 Å². The lowest BCUT2D eigenvalue weighted by Crippen LogP contribution is -2.40. The van der Waals surface area contributed by atoms with Crippen LogP contribution in [-0.4, -0.2) is 37.6 Å². The molecule has 0 unspecified atom stereocenters. The van der Waals surface area contributed by atoms with E-state index in [0.717, 1.165) is 31.2 Å². The molecule has 2 saturated carbocycles. The molecule has 184 valence electrons. The van der Waals surface area contributed by atoms with Crippen molar-refractivity contribution in [2.45, 2.75) is 61.1 Å². The van der Waals surface area contributed by atoms with Crippen LogP contribution < -0.4 is 10.0 Å². The summed E-state index contributed by atoms with van der Waals surface area (Å²) in [6.07, 6.45) is 1.13. The van der Waals surface area contributed by atoms with Gasteiger partial charge < -0.3 is 10.4 Å². The maximum Gasteiger partial charge on any atom is 0.490 e. The van der Waals surface area contributed by atoms with Crippen molar-refractivity contribution < 1.29 is 36.3 Å².